The van der Waals surface area contributed by atoms with Crippen LogP contribution in [-0.2, 0) is 42.5 Å². The fourth-order valence-corrected chi connectivity index (χ4v) is 11.7. The molecule has 334 valence electrons. The number of H-pyrrole nitrogens is 1. The first kappa shape index (κ1) is 43.9. The van der Waals surface area contributed by atoms with Gasteiger partial charge in [0, 0.05) is 18.4 Å². The van der Waals surface area contributed by atoms with Crippen LogP contribution < -0.4 is 21.7 Å². The lowest BCUT2D eigenvalue weighted by atomic mass is 10.1. The predicted octanol–water partition coefficient (Wildman–Crippen LogP) is 5.64. The number of carbonyl (C=O) groups is 1. The molecule has 3 aromatic heterocycles. The van der Waals surface area contributed by atoms with Gasteiger partial charge in [0.05, 0.1) is 30.7 Å². The number of carbonyl (C=O) groups excluding carboxylic acids is 1. The van der Waals surface area contributed by atoms with Gasteiger partial charge in [-0.15, -0.1) is 0 Å². The zero-order valence-corrected chi connectivity index (χ0v) is 36.1. The van der Waals surface area contributed by atoms with Gasteiger partial charge in [-0.3, -0.25) is 37.0 Å². The molecule has 2 unspecified atom stereocenters. The highest BCUT2D eigenvalue weighted by molar-refractivity contribution is 8.54. The van der Waals surface area contributed by atoms with Gasteiger partial charge in [0.15, 0.2) is 23.9 Å². The Labute approximate surface area is 365 Å². The van der Waals surface area contributed by atoms with E-state index < -0.39 is 88.1 Å². The number of alkyl halides is 1. The summed E-state index contributed by atoms with van der Waals surface area (Å²) in [5, 5.41) is 0. The van der Waals surface area contributed by atoms with Crippen LogP contribution in [0.4, 0.5) is 10.2 Å². The van der Waals surface area contributed by atoms with E-state index in [4.69, 9.17) is 38.0 Å². The molecule has 64 heavy (non-hydrogen) atoms. The van der Waals surface area contributed by atoms with Crippen LogP contribution in [0, 0.1) is 6.92 Å². The van der Waals surface area contributed by atoms with Crippen molar-refractivity contribution in [2.75, 3.05) is 18.9 Å². The van der Waals surface area contributed by atoms with Crippen molar-refractivity contribution in [1.29, 1.82) is 0 Å². The van der Waals surface area contributed by atoms with Crippen molar-refractivity contribution in [3.8, 4) is 16.9 Å². The predicted molar refractivity (Wildman–Crippen MR) is 227 cm³/mol. The van der Waals surface area contributed by atoms with E-state index in [0.717, 1.165) is 27.8 Å². The molecule has 6 aromatic rings. The van der Waals surface area contributed by atoms with Crippen molar-refractivity contribution in [1.82, 2.24) is 29.1 Å². The van der Waals surface area contributed by atoms with Gasteiger partial charge in [-0.05, 0) is 53.7 Å². The van der Waals surface area contributed by atoms with Crippen LogP contribution in [-0.4, -0.2) is 83.7 Å². The maximum absolute atomic E-state index is 16.5. The number of hydrogen-bond donors (Lipinski definition) is 3. The highest BCUT2D eigenvalue weighted by Crippen LogP contribution is 2.64. The van der Waals surface area contributed by atoms with Crippen molar-refractivity contribution in [3.63, 3.8) is 0 Å². The van der Waals surface area contributed by atoms with E-state index in [2.05, 4.69) is 19.9 Å². The summed E-state index contributed by atoms with van der Waals surface area (Å²) >= 11 is 0.738. The number of halogens is 1. The average Bonchev–Trinajstić information content (AvgIpc) is 3.97. The van der Waals surface area contributed by atoms with E-state index in [-0.39, 0.29) is 40.5 Å². The number of phosphoric acid groups is 1. The molecule has 0 saturated carbocycles. The molecule has 0 spiro atoms. The fourth-order valence-electron chi connectivity index (χ4n) is 7.32. The van der Waals surface area contributed by atoms with Crippen LogP contribution in [0.15, 0.2) is 107 Å². The van der Waals surface area contributed by atoms with Gasteiger partial charge in [-0.1, -0.05) is 60.2 Å². The zero-order valence-electron chi connectivity index (χ0n) is 33.4. The van der Waals surface area contributed by atoms with Crippen molar-refractivity contribution < 1.29 is 55.5 Å². The van der Waals surface area contributed by atoms with Crippen LogP contribution in [0.25, 0.3) is 22.3 Å². The van der Waals surface area contributed by atoms with Crippen molar-refractivity contribution in [2.45, 2.75) is 62.1 Å². The third kappa shape index (κ3) is 9.25. The maximum atomic E-state index is 16.5. The first-order valence-electron chi connectivity index (χ1n) is 19.6. The lowest BCUT2D eigenvalue weighted by molar-refractivity contribution is -0.0634. The molecule has 3 saturated heterocycles. The highest BCUT2D eigenvalue weighted by Gasteiger charge is 2.53. The molecule has 0 radical (unpaired) electrons. The number of aryl methyl sites for hydroxylation is 1. The monoisotopic (exact) mass is 937 g/mol. The number of hydrogen-bond acceptors (Lipinski definition) is 17. The lowest BCUT2D eigenvalue weighted by Crippen LogP contribution is -2.33. The van der Waals surface area contributed by atoms with Crippen molar-refractivity contribution >= 4 is 49.0 Å². The minimum Gasteiger partial charge on any atom is -0.423 e. The van der Waals surface area contributed by atoms with Gasteiger partial charge in [0.2, 0.25) is 0 Å². The molecule has 0 amide bonds. The standard InChI is InChI=1S/C40H38FN7O13P2S/c1-22-7-11-25(12-8-22)39(50)57-26-13-9-23(10-14-26)19-64-63(54)56-18-30-32(41)34(38(59-30)48-21-45-33-35(42)43-20-44-36(33)48)61-62(52,53)55-17-29-28(60-63)15-31(58-29)47-16-27(37(49)46-40(47)51)24-5-3-2-4-6-24/h2-14,16,20-21,28-32,34,38H,15,17-19H2,1H3,(H,52,53)(H2,42,43,44)(H,46,49,51)/t28-,29+,30+,31+,32+,34+,38+,63?/m0/s1. The molecule has 6 heterocycles. The zero-order chi connectivity index (χ0) is 44.8. The van der Waals surface area contributed by atoms with Gasteiger partial charge >= 0.3 is 26.3 Å². The van der Waals surface area contributed by atoms with Gasteiger partial charge in [-0.2, -0.15) is 0 Å². The topological polar surface area (TPSA) is 261 Å². The largest absolute Gasteiger partial charge is 0.472 e. The molecule has 9 rings (SSSR count). The summed E-state index contributed by atoms with van der Waals surface area (Å²) in [6.07, 6.45) is -7.34. The van der Waals surface area contributed by atoms with Gasteiger partial charge in [0.25, 0.3) is 5.56 Å². The molecule has 3 fully saturated rings. The first-order chi connectivity index (χ1) is 30.7. The molecule has 9 atom stereocenters. The van der Waals surface area contributed by atoms with E-state index in [0.29, 0.717) is 16.7 Å². The van der Waals surface area contributed by atoms with E-state index in [1.54, 1.807) is 78.9 Å². The van der Waals surface area contributed by atoms with Crippen LogP contribution in [0.5, 0.6) is 5.75 Å². The molecule has 20 nitrogen and oxygen atoms in total. The number of anilines is 1. The average molecular weight is 938 g/mol. The van der Waals surface area contributed by atoms with Crippen molar-refractivity contribution in [2.24, 2.45) is 0 Å². The van der Waals surface area contributed by atoms with Crippen molar-refractivity contribution in [3.05, 3.63) is 135 Å². The highest BCUT2D eigenvalue weighted by atomic mass is 32.7. The number of nitrogens with two attached hydrogens (primary N) is 1. The first-order valence-corrected chi connectivity index (χ1v) is 24.3. The maximum Gasteiger partial charge on any atom is 0.472 e. The Morgan fingerprint density at radius 2 is 1.69 bits per heavy atom. The number of imidazole rings is 1. The number of rotatable bonds is 8. The number of esters is 1. The Hall–Kier alpha value is -5.38. The lowest BCUT2D eigenvalue weighted by Gasteiger charge is -2.26. The smallest absolute Gasteiger partial charge is 0.423 e. The third-order valence-electron chi connectivity index (χ3n) is 10.6. The fraction of sp³-hybridized carbons (Fsp3) is 0.300. The Morgan fingerprint density at radius 3 is 2.45 bits per heavy atom. The number of ether oxygens (including phenoxy) is 3. The summed E-state index contributed by atoms with van der Waals surface area (Å²) in [5.41, 5.74) is 7.30. The van der Waals surface area contributed by atoms with Gasteiger partial charge in [0.1, 0.15) is 48.2 Å². The molecule has 0 aliphatic carbocycles. The Morgan fingerprint density at radius 1 is 0.938 bits per heavy atom. The number of nitrogens with one attached hydrogen (secondary N) is 1. The molecular weight excluding hydrogens is 899 g/mol. The number of aromatic nitrogens is 6. The van der Waals surface area contributed by atoms with E-state index >= 15 is 4.39 Å². The van der Waals surface area contributed by atoms with E-state index in [1.165, 1.54) is 17.1 Å². The normalized spacial score (nSPS) is 28.5. The second-order valence-electron chi connectivity index (χ2n) is 14.9. The Bertz CT molecular complexity index is 2910. The van der Waals surface area contributed by atoms with Crippen LogP contribution in [0.2, 0.25) is 0 Å². The quantitative estimate of drug-likeness (QED) is 0.0948. The molecule has 3 aliphatic heterocycles. The number of fused-ring (bicyclic) bond motifs is 4. The molecule has 2 bridgehead atoms. The molecule has 24 heteroatoms. The van der Waals surface area contributed by atoms with Crippen LogP contribution >= 0.6 is 26.0 Å². The Kier molecular flexibility index (Phi) is 12.3. The molecule has 3 aliphatic rings. The minimum absolute atomic E-state index is 0.00557. The number of aromatic amines is 1. The molecule has 4 N–H and O–H groups in total. The second kappa shape index (κ2) is 17.9. The number of phosphoric ester groups is 1. The SMILES string of the molecule is Cc1ccc(C(=O)Oc2ccc(CSP3(=O)OC[C@H]4O[C@@H](n5cnc6c(N)ncnc65)[C@H](OP(=O)(O)OC[C@H]5O[C@@H](n6cc(-c7ccccc7)c(=O)[nH]c6=O)C[C@@H]5O3)[C@@H]4F)cc2)cc1. The van der Waals surface area contributed by atoms with Crippen LogP contribution in [0.3, 0.4) is 0 Å². The second-order valence-corrected chi connectivity index (χ2v) is 20.4. The summed E-state index contributed by atoms with van der Waals surface area (Å²) in [4.78, 5) is 64.5. The minimum atomic E-state index is -5.18. The molecular formula is C40H38FN7O13P2S. The van der Waals surface area contributed by atoms with Gasteiger partial charge in [-0.25, -0.2) is 38.1 Å². The summed E-state index contributed by atoms with van der Waals surface area (Å²) in [6, 6.07) is 21.9. The summed E-state index contributed by atoms with van der Waals surface area (Å²) < 4.78 is 88.2. The van der Waals surface area contributed by atoms with Gasteiger partial charge < -0.3 is 24.8 Å². The number of benzene rings is 3. The molecule has 3 aromatic carbocycles. The number of nitrogens with zero attached hydrogens (tertiary/aromatic N) is 5. The van der Waals surface area contributed by atoms with E-state index in [9.17, 15) is 28.4 Å². The summed E-state index contributed by atoms with van der Waals surface area (Å²) in [6.45, 7) is -3.99. The summed E-state index contributed by atoms with van der Waals surface area (Å²) in [7, 11) is -5.18. The van der Waals surface area contributed by atoms with E-state index in [1.807, 2.05) is 6.92 Å². The summed E-state index contributed by atoms with van der Waals surface area (Å²) in [5.74, 6) is -0.300. The third-order valence-corrected chi connectivity index (χ3v) is 15.3. The van der Waals surface area contributed by atoms with Crippen LogP contribution in [0.1, 0.15) is 40.4 Å². The number of nitrogen functional groups attached to an aromatic ring is 1. The Balaban J connectivity index is 1.01.